The van der Waals surface area contributed by atoms with Crippen LogP contribution in [0.4, 0.5) is 13.2 Å². The SMILES string of the molecule is Cc1cccc(/C=C2\OC(C(F)(F)F)c3ccccc32)c1. The van der Waals surface area contributed by atoms with Crippen LogP contribution >= 0.6 is 0 Å². The molecule has 0 amide bonds. The summed E-state index contributed by atoms with van der Waals surface area (Å²) < 4.78 is 44.4. The highest BCUT2D eigenvalue weighted by atomic mass is 19.4. The van der Waals surface area contributed by atoms with Gasteiger partial charge < -0.3 is 4.74 Å². The van der Waals surface area contributed by atoms with Gasteiger partial charge in [0.05, 0.1) is 0 Å². The fourth-order valence-corrected chi connectivity index (χ4v) is 2.47. The fourth-order valence-electron chi connectivity index (χ4n) is 2.47. The predicted molar refractivity (Wildman–Crippen MR) is 75.4 cm³/mol. The molecule has 1 aliphatic heterocycles. The van der Waals surface area contributed by atoms with Gasteiger partial charge in [-0.1, -0.05) is 54.1 Å². The zero-order valence-corrected chi connectivity index (χ0v) is 11.3. The molecule has 1 heterocycles. The van der Waals surface area contributed by atoms with Crippen molar-refractivity contribution >= 4 is 11.8 Å². The van der Waals surface area contributed by atoms with Crippen LogP contribution in [0, 0.1) is 6.92 Å². The number of alkyl halides is 3. The monoisotopic (exact) mass is 290 g/mol. The van der Waals surface area contributed by atoms with E-state index in [4.69, 9.17) is 4.74 Å². The Kier molecular flexibility index (Phi) is 3.24. The molecule has 0 spiro atoms. The van der Waals surface area contributed by atoms with Gasteiger partial charge in [-0.2, -0.15) is 13.2 Å². The van der Waals surface area contributed by atoms with Gasteiger partial charge in [-0.25, -0.2) is 0 Å². The Morgan fingerprint density at radius 3 is 2.52 bits per heavy atom. The second-order valence-electron chi connectivity index (χ2n) is 5.05. The molecule has 1 aliphatic rings. The van der Waals surface area contributed by atoms with Crippen molar-refractivity contribution in [1.82, 2.24) is 0 Å². The topological polar surface area (TPSA) is 9.23 Å². The van der Waals surface area contributed by atoms with E-state index in [0.717, 1.165) is 11.1 Å². The summed E-state index contributed by atoms with van der Waals surface area (Å²) in [5.41, 5.74) is 2.54. The Morgan fingerprint density at radius 2 is 1.81 bits per heavy atom. The van der Waals surface area contributed by atoms with E-state index >= 15 is 0 Å². The van der Waals surface area contributed by atoms with Gasteiger partial charge in [-0.15, -0.1) is 0 Å². The zero-order valence-electron chi connectivity index (χ0n) is 11.3. The van der Waals surface area contributed by atoms with Crippen LogP contribution in [0.3, 0.4) is 0 Å². The summed E-state index contributed by atoms with van der Waals surface area (Å²) in [4.78, 5) is 0. The summed E-state index contributed by atoms with van der Waals surface area (Å²) >= 11 is 0. The van der Waals surface area contributed by atoms with Crippen molar-refractivity contribution < 1.29 is 17.9 Å². The second kappa shape index (κ2) is 4.95. The smallest absolute Gasteiger partial charge is 0.429 e. The van der Waals surface area contributed by atoms with Crippen LogP contribution in [0.5, 0.6) is 0 Å². The minimum Gasteiger partial charge on any atom is -0.475 e. The molecule has 1 nitrogen and oxygen atoms in total. The molecule has 0 saturated carbocycles. The molecule has 3 rings (SSSR count). The highest BCUT2D eigenvalue weighted by molar-refractivity contribution is 5.81. The lowest BCUT2D eigenvalue weighted by Crippen LogP contribution is -2.19. The minimum absolute atomic E-state index is 0.170. The van der Waals surface area contributed by atoms with Gasteiger partial charge in [-0.05, 0) is 18.6 Å². The van der Waals surface area contributed by atoms with Gasteiger partial charge in [0, 0.05) is 11.1 Å². The van der Waals surface area contributed by atoms with Crippen molar-refractivity contribution in [3.8, 4) is 0 Å². The van der Waals surface area contributed by atoms with Crippen LogP contribution in [0.25, 0.3) is 11.8 Å². The third kappa shape index (κ3) is 2.66. The van der Waals surface area contributed by atoms with Gasteiger partial charge in [0.1, 0.15) is 5.76 Å². The van der Waals surface area contributed by atoms with Gasteiger partial charge in [0.15, 0.2) is 0 Å². The van der Waals surface area contributed by atoms with Crippen LogP contribution in [0.1, 0.15) is 28.4 Å². The normalized spacial score (nSPS) is 19.4. The first kappa shape index (κ1) is 13.7. The molecule has 0 fully saturated rings. The highest BCUT2D eigenvalue weighted by Crippen LogP contribution is 2.47. The lowest BCUT2D eigenvalue weighted by Gasteiger charge is -2.15. The molecule has 1 atom stereocenters. The van der Waals surface area contributed by atoms with Crippen molar-refractivity contribution in [2.75, 3.05) is 0 Å². The minimum atomic E-state index is -4.42. The number of halogens is 3. The molecule has 2 aromatic carbocycles. The van der Waals surface area contributed by atoms with Crippen LogP contribution < -0.4 is 0 Å². The van der Waals surface area contributed by atoms with E-state index in [1.165, 1.54) is 6.07 Å². The fraction of sp³-hybridized carbons (Fsp3) is 0.176. The number of fused-ring (bicyclic) bond motifs is 1. The molecule has 2 aromatic rings. The Labute approximate surface area is 120 Å². The zero-order chi connectivity index (χ0) is 15.0. The average Bonchev–Trinajstić information content (AvgIpc) is 2.78. The number of aryl methyl sites for hydroxylation is 1. The molecular weight excluding hydrogens is 277 g/mol. The Morgan fingerprint density at radius 1 is 1.05 bits per heavy atom. The Balaban J connectivity index is 2.06. The standard InChI is InChI=1S/C17H13F3O/c1-11-5-4-6-12(9-11)10-15-13-7-2-3-8-14(13)16(21-15)17(18,19)20/h2-10,16H,1H3/b15-10-. The van der Waals surface area contributed by atoms with Crippen molar-refractivity contribution in [2.24, 2.45) is 0 Å². The number of rotatable bonds is 1. The third-order valence-corrected chi connectivity index (χ3v) is 3.39. The first-order chi connectivity index (χ1) is 9.95. The molecule has 0 saturated heterocycles. The predicted octanol–water partition coefficient (Wildman–Crippen LogP) is 5.13. The van der Waals surface area contributed by atoms with Gasteiger partial charge in [0.25, 0.3) is 0 Å². The third-order valence-electron chi connectivity index (χ3n) is 3.39. The van der Waals surface area contributed by atoms with Crippen LogP contribution in [0.2, 0.25) is 0 Å². The lowest BCUT2D eigenvalue weighted by molar-refractivity contribution is -0.201. The summed E-state index contributed by atoms with van der Waals surface area (Å²) in [7, 11) is 0. The lowest BCUT2D eigenvalue weighted by atomic mass is 10.0. The summed E-state index contributed by atoms with van der Waals surface area (Å²) in [6.07, 6.45) is -4.65. The Hall–Kier alpha value is -2.23. The quantitative estimate of drug-likeness (QED) is 0.707. The first-order valence-corrected chi connectivity index (χ1v) is 6.56. The largest absolute Gasteiger partial charge is 0.475 e. The molecule has 1 unspecified atom stereocenters. The van der Waals surface area contributed by atoms with Crippen molar-refractivity contribution in [1.29, 1.82) is 0 Å². The summed E-state index contributed by atoms with van der Waals surface area (Å²) in [5, 5.41) is 0. The molecule has 21 heavy (non-hydrogen) atoms. The van der Waals surface area contributed by atoms with E-state index < -0.39 is 12.3 Å². The molecule has 108 valence electrons. The molecule has 0 aliphatic carbocycles. The summed E-state index contributed by atoms with van der Waals surface area (Å²) in [5.74, 6) is 0.263. The van der Waals surface area contributed by atoms with E-state index in [9.17, 15) is 13.2 Å². The first-order valence-electron chi connectivity index (χ1n) is 6.56. The van der Waals surface area contributed by atoms with Crippen molar-refractivity contribution in [3.05, 3.63) is 70.8 Å². The molecule has 0 radical (unpaired) electrons. The summed E-state index contributed by atoms with van der Waals surface area (Å²) in [6, 6.07) is 14.0. The van der Waals surface area contributed by atoms with Crippen LogP contribution in [-0.4, -0.2) is 6.18 Å². The number of ether oxygens (including phenoxy) is 1. The van der Waals surface area contributed by atoms with Gasteiger partial charge in [-0.3, -0.25) is 0 Å². The van der Waals surface area contributed by atoms with Gasteiger partial charge >= 0.3 is 6.18 Å². The van der Waals surface area contributed by atoms with E-state index in [2.05, 4.69) is 0 Å². The van der Waals surface area contributed by atoms with Crippen LogP contribution in [-0.2, 0) is 4.74 Å². The maximum Gasteiger partial charge on any atom is 0.429 e. The molecular formula is C17H13F3O. The van der Waals surface area contributed by atoms with E-state index in [0.29, 0.717) is 5.56 Å². The number of hydrogen-bond acceptors (Lipinski definition) is 1. The molecule has 0 aromatic heterocycles. The maximum atomic E-state index is 13.1. The Bertz CT molecular complexity index is 701. The second-order valence-corrected chi connectivity index (χ2v) is 5.05. The highest BCUT2D eigenvalue weighted by Gasteiger charge is 2.48. The molecule has 0 bridgehead atoms. The van der Waals surface area contributed by atoms with Crippen molar-refractivity contribution in [2.45, 2.75) is 19.2 Å². The van der Waals surface area contributed by atoms with E-state index in [1.54, 1.807) is 24.3 Å². The summed E-state index contributed by atoms with van der Waals surface area (Å²) in [6.45, 7) is 1.93. The van der Waals surface area contributed by atoms with Crippen LogP contribution in [0.15, 0.2) is 48.5 Å². The number of hydrogen-bond donors (Lipinski definition) is 0. The number of benzene rings is 2. The van der Waals surface area contributed by atoms with Gasteiger partial charge in [0.2, 0.25) is 6.10 Å². The average molecular weight is 290 g/mol. The molecule has 0 N–H and O–H groups in total. The van der Waals surface area contributed by atoms with E-state index in [1.807, 2.05) is 31.2 Å². The van der Waals surface area contributed by atoms with E-state index in [-0.39, 0.29) is 11.3 Å². The maximum absolute atomic E-state index is 13.1. The molecule has 4 heteroatoms. The van der Waals surface area contributed by atoms with Crippen molar-refractivity contribution in [3.63, 3.8) is 0 Å².